The molecule has 2 N–H and O–H groups in total. The molecule has 0 unspecified atom stereocenters. The van der Waals surface area contributed by atoms with Gasteiger partial charge >= 0.3 is 5.97 Å². The van der Waals surface area contributed by atoms with Gasteiger partial charge in [-0.05, 0) is 52.8 Å². The number of aromatic amines is 1. The van der Waals surface area contributed by atoms with Gasteiger partial charge in [0.2, 0.25) is 5.91 Å². The van der Waals surface area contributed by atoms with E-state index in [1.807, 2.05) is 13.8 Å². The van der Waals surface area contributed by atoms with Crippen LogP contribution in [0.2, 0.25) is 0 Å². The molecule has 0 spiro atoms. The van der Waals surface area contributed by atoms with E-state index in [-0.39, 0.29) is 11.9 Å². The molecule has 27 heavy (non-hydrogen) atoms. The normalized spacial score (nSPS) is 15.7. The number of H-pyrrole nitrogens is 1. The third kappa shape index (κ3) is 6.36. The van der Waals surface area contributed by atoms with E-state index in [2.05, 4.69) is 27.1 Å². The Labute approximate surface area is 162 Å². The number of nitrogens with one attached hydrogen (secondary N) is 2. The summed E-state index contributed by atoms with van der Waals surface area (Å²) in [5.74, 6) is -0.249. The molecule has 152 valence electrons. The average Bonchev–Trinajstić information content (AvgIpc) is 2.92. The van der Waals surface area contributed by atoms with Gasteiger partial charge in [0.05, 0.1) is 12.2 Å². The standard InChI is InChI=1S/C20H34N4O3/c1-5-27-20(26)19-15(2)17(22-16(19)3)7-8-18(25)21-9-6-10-24-13-11-23(4)12-14-24/h22H,5-14H2,1-4H3,(H,21,25). The monoisotopic (exact) mass is 378 g/mol. The highest BCUT2D eigenvalue weighted by molar-refractivity contribution is 5.92. The number of carbonyl (C=O) groups is 2. The highest BCUT2D eigenvalue weighted by atomic mass is 16.5. The zero-order valence-corrected chi connectivity index (χ0v) is 17.2. The third-order valence-corrected chi connectivity index (χ3v) is 5.19. The highest BCUT2D eigenvalue weighted by Crippen LogP contribution is 2.20. The lowest BCUT2D eigenvalue weighted by Crippen LogP contribution is -2.45. The van der Waals surface area contributed by atoms with Crippen molar-refractivity contribution in [2.75, 3.05) is 52.9 Å². The fraction of sp³-hybridized carbons (Fsp3) is 0.700. The summed E-state index contributed by atoms with van der Waals surface area (Å²) < 4.78 is 5.10. The van der Waals surface area contributed by atoms with E-state index in [0.29, 0.717) is 31.6 Å². The number of likely N-dealkylation sites (N-methyl/N-ethyl adjacent to an activating group) is 1. The number of aryl methyl sites for hydroxylation is 2. The maximum absolute atomic E-state index is 12.1. The minimum atomic E-state index is -0.302. The minimum Gasteiger partial charge on any atom is -0.462 e. The molecule has 2 rings (SSSR count). The highest BCUT2D eigenvalue weighted by Gasteiger charge is 2.19. The largest absolute Gasteiger partial charge is 0.462 e. The van der Waals surface area contributed by atoms with E-state index >= 15 is 0 Å². The average molecular weight is 379 g/mol. The molecule has 1 amide bonds. The van der Waals surface area contributed by atoms with E-state index < -0.39 is 0 Å². The summed E-state index contributed by atoms with van der Waals surface area (Å²) in [6.45, 7) is 12.1. The summed E-state index contributed by atoms with van der Waals surface area (Å²) in [5.41, 5.74) is 3.21. The second-order valence-electron chi connectivity index (χ2n) is 7.30. The van der Waals surface area contributed by atoms with Gasteiger partial charge in [0, 0.05) is 50.5 Å². The molecule has 0 radical (unpaired) electrons. The molecule has 2 heterocycles. The van der Waals surface area contributed by atoms with Crippen LogP contribution in [0.5, 0.6) is 0 Å². The summed E-state index contributed by atoms with van der Waals surface area (Å²) in [5, 5.41) is 3.00. The van der Waals surface area contributed by atoms with Gasteiger partial charge in [-0.1, -0.05) is 0 Å². The van der Waals surface area contributed by atoms with Crippen LogP contribution in [0.25, 0.3) is 0 Å². The quantitative estimate of drug-likeness (QED) is 0.503. The first-order chi connectivity index (χ1) is 12.9. The van der Waals surface area contributed by atoms with Crippen molar-refractivity contribution in [2.45, 2.75) is 40.0 Å². The van der Waals surface area contributed by atoms with Gasteiger partial charge in [-0.15, -0.1) is 0 Å². The fourth-order valence-corrected chi connectivity index (χ4v) is 3.50. The van der Waals surface area contributed by atoms with Crippen molar-refractivity contribution >= 4 is 11.9 Å². The molecule has 0 bridgehead atoms. The lowest BCUT2D eigenvalue weighted by molar-refractivity contribution is -0.121. The number of hydrogen-bond donors (Lipinski definition) is 2. The Bertz CT molecular complexity index is 633. The Morgan fingerprint density at radius 1 is 1.19 bits per heavy atom. The molecule has 1 aromatic rings. The van der Waals surface area contributed by atoms with Gasteiger partial charge in [0.25, 0.3) is 0 Å². The van der Waals surface area contributed by atoms with Crippen LogP contribution in [0.4, 0.5) is 0 Å². The predicted octanol–water partition coefficient (Wildman–Crippen LogP) is 1.49. The number of piperazine rings is 1. The van der Waals surface area contributed by atoms with Crippen molar-refractivity contribution in [3.8, 4) is 0 Å². The number of amides is 1. The first kappa shape index (κ1) is 21.4. The van der Waals surface area contributed by atoms with Crippen LogP contribution in [-0.2, 0) is 16.0 Å². The van der Waals surface area contributed by atoms with Gasteiger partial charge in [0.1, 0.15) is 0 Å². The van der Waals surface area contributed by atoms with Crippen LogP contribution < -0.4 is 5.32 Å². The molecule has 1 fully saturated rings. The van der Waals surface area contributed by atoms with Gasteiger partial charge in [-0.25, -0.2) is 4.79 Å². The van der Waals surface area contributed by atoms with Crippen molar-refractivity contribution in [3.63, 3.8) is 0 Å². The van der Waals surface area contributed by atoms with E-state index in [9.17, 15) is 9.59 Å². The Balaban J connectivity index is 1.69. The van der Waals surface area contributed by atoms with Gasteiger partial charge in [-0.2, -0.15) is 0 Å². The van der Waals surface area contributed by atoms with Crippen LogP contribution in [0.1, 0.15) is 47.1 Å². The first-order valence-electron chi connectivity index (χ1n) is 9.95. The molecule has 1 aromatic heterocycles. The summed E-state index contributed by atoms with van der Waals surface area (Å²) in [6.07, 6.45) is 1.98. The van der Waals surface area contributed by atoms with Gasteiger partial charge in [-0.3, -0.25) is 4.79 Å². The summed E-state index contributed by atoms with van der Waals surface area (Å²) in [6, 6.07) is 0. The molecular formula is C20H34N4O3. The smallest absolute Gasteiger partial charge is 0.340 e. The van der Waals surface area contributed by atoms with E-state index in [1.165, 1.54) is 0 Å². The Morgan fingerprint density at radius 3 is 2.56 bits per heavy atom. The van der Waals surface area contributed by atoms with Crippen molar-refractivity contribution < 1.29 is 14.3 Å². The molecule has 0 aromatic carbocycles. The molecule has 1 aliphatic rings. The molecule has 7 heteroatoms. The van der Waals surface area contributed by atoms with E-state index in [4.69, 9.17) is 4.74 Å². The van der Waals surface area contributed by atoms with E-state index in [0.717, 1.165) is 56.1 Å². The molecule has 0 atom stereocenters. The zero-order chi connectivity index (χ0) is 19.8. The zero-order valence-electron chi connectivity index (χ0n) is 17.2. The number of hydrogen-bond acceptors (Lipinski definition) is 5. The fourth-order valence-electron chi connectivity index (χ4n) is 3.50. The summed E-state index contributed by atoms with van der Waals surface area (Å²) in [4.78, 5) is 32.2. The van der Waals surface area contributed by atoms with Crippen LogP contribution in [0, 0.1) is 13.8 Å². The second kappa shape index (κ2) is 10.5. The Kier molecular flexibility index (Phi) is 8.31. The van der Waals surface area contributed by atoms with Crippen LogP contribution in [0.15, 0.2) is 0 Å². The topological polar surface area (TPSA) is 77.7 Å². The Hall–Kier alpha value is -1.86. The summed E-state index contributed by atoms with van der Waals surface area (Å²) >= 11 is 0. The molecule has 1 aliphatic heterocycles. The summed E-state index contributed by atoms with van der Waals surface area (Å²) in [7, 11) is 2.15. The molecule has 0 aliphatic carbocycles. The van der Waals surface area contributed by atoms with Gasteiger partial charge < -0.3 is 24.8 Å². The number of esters is 1. The van der Waals surface area contributed by atoms with Crippen LogP contribution in [0.3, 0.4) is 0 Å². The lowest BCUT2D eigenvalue weighted by atomic mass is 10.1. The molecule has 1 saturated heterocycles. The van der Waals surface area contributed by atoms with Crippen molar-refractivity contribution in [1.29, 1.82) is 0 Å². The number of rotatable bonds is 9. The minimum absolute atomic E-state index is 0.0534. The van der Waals surface area contributed by atoms with E-state index in [1.54, 1.807) is 6.92 Å². The SMILES string of the molecule is CCOC(=O)c1c(C)[nH]c(CCC(=O)NCCCN2CCN(C)CC2)c1C. The van der Waals surface area contributed by atoms with Crippen molar-refractivity contribution in [1.82, 2.24) is 20.1 Å². The third-order valence-electron chi connectivity index (χ3n) is 5.19. The number of ether oxygens (including phenoxy) is 1. The lowest BCUT2D eigenvalue weighted by Gasteiger charge is -2.32. The number of aromatic nitrogens is 1. The Morgan fingerprint density at radius 2 is 1.89 bits per heavy atom. The molecule has 7 nitrogen and oxygen atoms in total. The number of carbonyl (C=O) groups excluding carboxylic acids is 2. The van der Waals surface area contributed by atoms with Crippen LogP contribution >= 0.6 is 0 Å². The maximum Gasteiger partial charge on any atom is 0.340 e. The van der Waals surface area contributed by atoms with Crippen LogP contribution in [-0.4, -0.2) is 79.6 Å². The second-order valence-corrected chi connectivity index (χ2v) is 7.30. The molecule has 0 saturated carbocycles. The van der Waals surface area contributed by atoms with Gasteiger partial charge in [0.15, 0.2) is 0 Å². The first-order valence-corrected chi connectivity index (χ1v) is 9.95. The van der Waals surface area contributed by atoms with Crippen molar-refractivity contribution in [2.24, 2.45) is 0 Å². The predicted molar refractivity (Wildman–Crippen MR) is 106 cm³/mol. The molecular weight excluding hydrogens is 344 g/mol. The van der Waals surface area contributed by atoms with Crippen molar-refractivity contribution in [3.05, 3.63) is 22.5 Å². The number of nitrogens with zero attached hydrogens (tertiary/aromatic N) is 2. The maximum atomic E-state index is 12.1.